The van der Waals surface area contributed by atoms with Gasteiger partial charge in [-0.1, -0.05) is 32.0 Å². The van der Waals surface area contributed by atoms with Gasteiger partial charge in [-0.3, -0.25) is 9.40 Å². The number of hydrogen-bond acceptors (Lipinski definition) is 6. The molecular formula is C28H32N4O4S. The van der Waals surface area contributed by atoms with E-state index >= 15 is 0 Å². The van der Waals surface area contributed by atoms with Crippen LogP contribution in [0.1, 0.15) is 75.5 Å². The Morgan fingerprint density at radius 2 is 1.95 bits per heavy atom. The van der Waals surface area contributed by atoms with Crippen LogP contribution >= 0.6 is 0 Å². The van der Waals surface area contributed by atoms with E-state index in [1.165, 1.54) is 5.56 Å². The molecule has 37 heavy (non-hydrogen) atoms. The first-order valence-corrected chi connectivity index (χ1v) is 14.4. The predicted molar refractivity (Wildman–Crippen MR) is 142 cm³/mol. The van der Waals surface area contributed by atoms with Gasteiger partial charge in [0.25, 0.3) is 10.0 Å². The SMILES string of the molecule is CC(C)(C)c1ccc(OC2CCC2)c(S(=O)(=O)Nc2noc3cc(Cn4cccn4)c(C4CC4)cc23)c1. The number of benzene rings is 2. The Kier molecular flexibility index (Phi) is 5.78. The van der Waals surface area contributed by atoms with Crippen molar-refractivity contribution in [3.8, 4) is 5.75 Å². The number of nitrogens with zero attached hydrogens (tertiary/aromatic N) is 3. The zero-order valence-electron chi connectivity index (χ0n) is 21.4. The fourth-order valence-electron chi connectivity index (χ4n) is 4.73. The second kappa shape index (κ2) is 8.90. The largest absolute Gasteiger partial charge is 0.489 e. The van der Waals surface area contributed by atoms with Gasteiger partial charge in [0.15, 0.2) is 11.4 Å². The van der Waals surface area contributed by atoms with Crippen LogP contribution in [-0.4, -0.2) is 29.5 Å². The lowest BCUT2D eigenvalue weighted by molar-refractivity contribution is 0.116. The van der Waals surface area contributed by atoms with E-state index in [4.69, 9.17) is 9.26 Å². The molecule has 0 unspecified atom stereocenters. The average molecular weight is 521 g/mol. The van der Waals surface area contributed by atoms with E-state index in [-0.39, 0.29) is 22.2 Å². The third-order valence-electron chi connectivity index (χ3n) is 7.32. The van der Waals surface area contributed by atoms with Crippen molar-refractivity contribution in [1.82, 2.24) is 14.9 Å². The molecule has 2 fully saturated rings. The van der Waals surface area contributed by atoms with Crippen LogP contribution in [0, 0.1) is 0 Å². The second-order valence-corrected chi connectivity index (χ2v) is 12.9. The molecule has 1 N–H and O–H groups in total. The number of ether oxygens (including phenoxy) is 1. The summed E-state index contributed by atoms with van der Waals surface area (Å²) in [5, 5.41) is 9.11. The van der Waals surface area contributed by atoms with Crippen molar-refractivity contribution in [2.45, 2.75) is 81.8 Å². The molecule has 2 aromatic carbocycles. The summed E-state index contributed by atoms with van der Waals surface area (Å²) >= 11 is 0. The minimum Gasteiger partial charge on any atom is -0.489 e. The van der Waals surface area contributed by atoms with Crippen molar-refractivity contribution in [3.63, 3.8) is 0 Å². The molecule has 2 aliphatic carbocycles. The van der Waals surface area contributed by atoms with Gasteiger partial charge in [-0.25, -0.2) is 8.42 Å². The summed E-state index contributed by atoms with van der Waals surface area (Å²) in [6.07, 6.45) is 8.94. The van der Waals surface area contributed by atoms with Crippen LogP contribution in [0.4, 0.5) is 5.82 Å². The lowest BCUT2D eigenvalue weighted by Gasteiger charge is -2.28. The highest BCUT2D eigenvalue weighted by Gasteiger charge is 2.30. The van der Waals surface area contributed by atoms with Crippen molar-refractivity contribution in [1.29, 1.82) is 0 Å². The summed E-state index contributed by atoms with van der Waals surface area (Å²) in [6, 6.07) is 11.3. The number of anilines is 1. The van der Waals surface area contributed by atoms with Crippen molar-refractivity contribution >= 4 is 26.8 Å². The van der Waals surface area contributed by atoms with Crippen molar-refractivity contribution in [2.75, 3.05) is 4.72 Å². The highest BCUT2D eigenvalue weighted by atomic mass is 32.2. The number of rotatable bonds is 8. The zero-order chi connectivity index (χ0) is 25.8. The van der Waals surface area contributed by atoms with E-state index in [1.54, 1.807) is 18.3 Å². The van der Waals surface area contributed by atoms with Gasteiger partial charge in [0, 0.05) is 12.4 Å². The van der Waals surface area contributed by atoms with E-state index in [1.807, 2.05) is 35.1 Å². The number of hydrogen-bond donors (Lipinski definition) is 1. The molecule has 0 bridgehead atoms. The molecule has 0 radical (unpaired) electrons. The fourth-order valence-corrected chi connectivity index (χ4v) is 5.90. The van der Waals surface area contributed by atoms with Crippen LogP contribution in [0.15, 0.2) is 58.2 Å². The Labute approximate surface area is 217 Å². The number of aromatic nitrogens is 3. The Morgan fingerprint density at radius 1 is 1.14 bits per heavy atom. The van der Waals surface area contributed by atoms with Gasteiger partial charge in [0.05, 0.1) is 18.0 Å². The molecule has 2 saturated carbocycles. The van der Waals surface area contributed by atoms with Crippen LogP contribution in [0.2, 0.25) is 0 Å². The van der Waals surface area contributed by atoms with Gasteiger partial charge in [-0.05, 0) is 90.5 Å². The molecule has 8 nitrogen and oxygen atoms in total. The molecule has 9 heteroatoms. The average Bonchev–Trinajstić information content (AvgIpc) is 3.41. The van der Waals surface area contributed by atoms with E-state index in [0.29, 0.717) is 29.2 Å². The summed E-state index contributed by atoms with van der Waals surface area (Å²) in [5.41, 5.74) is 3.54. The Balaban J connectivity index is 1.37. The lowest BCUT2D eigenvalue weighted by Crippen LogP contribution is -2.26. The number of fused-ring (bicyclic) bond motifs is 1. The lowest BCUT2D eigenvalue weighted by atomic mass is 9.87. The molecule has 2 heterocycles. The van der Waals surface area contributed by atoms with Gasteiger partial charge < -0.3 is 9.26 Å². The van der Waals surface area contributed by atoms with Crippen molar-refractivity contribution in [2.24, 2.45) is 0 Å². The third kappa shape index (κ3) is 4.84. The van der Waals surface area contributed by atoms with Crippen LogP contribution in [0.5, 0.6) is 5.75 Å². The molecule has 4 aromatic rings. The molecule has 2 aliphatic rings. The number of sulfonamides is 1. The quantitative estimate of drug-likeness (QED) is 0.307. The molecular weight excluding hydrogens is 488 g/mol. The molecule has 6 rings (SSSR count). The van der Waals surface area contributed by atoms with Crippen LogP contribution < -0.4 is 9.46 Å². The maximum Gasteiger partial charge on any atom is 0.266 e. The van der Waals surface area contributed by atoms with Gasteiger partial charge in [-0.15, -0.1) is 0 Å². The molecule has 0 saturated heterocycles. The highest BCUT2D eigenvalue weighted by Crippen LogP contribution is 2.44. The highest BCUT2D eigenvalue weighted by molar-refractivity contribution is 7.92. The summed E-state index contributed by atoms with van der Waals surface area (Å²) in [4.78, 5) is 0.126. The van der Waals surface area contributed by atoms with Gasteiger partial charge in [0.1, 0.15) is 10.6 Å². The standard InChI is InChI=1S/C28H32N4O4S/c1-28(2,3)20-10-11-24(35-21-6-4-7-21)26(15-20)37(33,34)31-27-23-16-22(18-8-9-18)19(14-25(23)36-30-27)17-32-13-5-12-29-32/h5,10-16,18,21H,4,6-9,17H2,1-3H3,(H,30,31). The van der Waals surface area contributed by atoms with Gasteiger partial charge >= 0.3 is 0 Å². The van der Waals surface area contributed by atoms with Crippen LogP contribution in [-0.2, 0) is 22.0 Å². The minimum absolute atomic E-state index is 0.0524. The van der Waals surface area contributed by atoms with E-state index in [9.17, 15) is 8.42 Å². The maximum absolute atomic E-state index is 13.8. The molecule has 194 valence electrons. The fraction of sp³-hybridized carbons (Fsp3) is 0.429. The maximum atomic E-state index is 13.8. The normalized spacial score (nSPS) is 16.6. The Morgan fingerprint density at radius 3 is 2.59 bits per heavy atom. The first-order valence-electron chi connectivity index (χ1n) is 12.9. The van der Waals surface area contributed by atoms with Crippen LogP contribution in [0.3, 0.4) is 0 Å². The summed E-state index contributed by atoms with van der Waals surface area (Å²) in [6.45, 7) is 6.80. The summed E-state index contributed by atoms with van der Waals surface area (Å²) < 4.78 is 43.8. The molecule has 2 aromatic heterocycles. The van der Waals surface area contributed by atoms with Gasteiger partial charge in [-0.2, -0.15) is 5.10 Å². The first kappa shape index (κ1) is 24.0. The molecule has 0 amide bonds. The molecule has 0 atom stereocenters. The minimum atomic E-state index is -4.00. The zero-order valence-corrected chi connectivity index (χ0v) is 22.2. The van der Waals surface area contributed by atoms with Gasteiger partial charge in [0.2, 0.25) is 0 Å². The molecule has 0 aliphatic heterocycles. The van der Waals surface area contributed by atoms with E-state index < -0.39 is 10.0 Å². The number of nitrogens with one attached hydrogen (secondary N) is 1. The molecule has 0 spiro atoms. The van der Waals surface area contributed by atoms with E-state index in [0.717, 1.165) is 43.2 Å². The van der Waals surface area contributed by atoms with Crippen LogP contribution in [0.25, 0.3) is 11.0 Å². The predicted octanol–water partition coefficient (Wildman–Crippen LogP) is 5.98. The smallest absolute Gasteiger partial charge is 0.266 e. The first-order chi connectivity index (χ1) is 17.7. The third-order valence-corrected chi connectivity index (χ3v) is 8.68. The van der Waals surface area contributed by atoms with Crippen molar-refractivity contribution < 1.29 is 17.7 Å². The summed E-state index contributed by atoms with van der Waals surface area (Å²) in [7, 11) is -4.00. The Bertz CT molecular complexity index is 1540. The monoisotopic (exact) mass is 520 g/mol. The second-order valence-electron chi connectivity index (χ2n) is 11.2. The van der Waals surface area contributed by atoms with Crippen molar-refractivity contribution in [3.05, 3.63) is 65.5 Å². The topological polar surface area (TPSA) is 99.3 Å². The summed E-state index contributed by atoms with van der Waals surface area (Å²) in [5.74, 6) is 1.02. The van der Waals surface area contributed by atoms with E-state index in [2.05, 4.69) is 35.7 Å². The Hall–Kier alpha value is -3.33.